The predicted molar refractivity (Wildman–Crippen MR) is 235 cm³/mol. The normalized spacial score (nSPS) is 18.7. The van der Waals surface area contributed by atoms with Crippen molar-refractivity contribution < 1.29 is 24.3 Å². The number of imidazole rings is 1. The van der Waals surface area contributed by atoms with Crippen molar-refractivity contribution in [3.63, 3.8) is 0 Å². The number of aromatic hydroxyl groups is 1. The van der Waals surface area contributed by atoms with Gasteiger partial charge in [0.05, 0.1) is 24.3 Å². The van der Waals surface area contributed by atoms with Crippen LogP contribution in [0.15, 0.2) is 107 Å². The molecule has 9 N–H and O–H groups in total. The summed E-state index contributed by atoms with van der Waals surface area (Å²) in [6, 6.07) is 22.1. The molecule has 8 rings (SSSR count). The molecule has 6 aromatic rings. The van der Waals surface area contributed by atoms with Gasteiger partial charge in [-0.15, -0.1) is 0 Å². The monoisotopic (exact) mass is 844 g/mol. The van der Waals surface area contributed by atoms with E-state index in [4.69, 9.17) is 0 Å². The van der Waals surface area contributed by atoms with E-state index in [2.05, 4.69) is 46.6 Å². The predicted octanol–water partition coefficient (Wildman–Crippen LogP) is 3.59. The zero-order valence-corrected chi connectivity index (χ0v) is 34.0. The number of hydrogen-bond acceptors (Lipinski definition) is 8. The number of para-hydroxylation sites is 2. The second-order valence-corrected chi connectivity index (χ2v) is 16.8. The Bertz CT molecular complexity index is 2600. The highest BCUT2D eigenvalue weighted by Gasteiger charge is 2.42. The lowest BCUT2D eigenvalue weighted by Gasteiger charge is -2.25. The first-order valence-electron chi connectivity index (χ1n) is 20.4. The first-order chi connectivity index (χ1) is 29.7. The topological polar surface area (TPSA) is 230 Å². The minimum absolute atomic E-state index is 0.0871. The number of aromatic nitrogens is 4. The van der Waals surface area contributed by atoms with Gasteiger partial charge >= 0.3 is 11.7 Å². The number of carbonyl (C=O) groups excluding carboxylic acids is 4. The van der Waals surface area contributed by atoms with Crippen LogP contribution in [0.1, 0.15) is 42.4 Å². The second-order valence-electron chi connectivity index (χ2n) is 15.5. The van der Waals surface area contributed by atoms with Gasteiger partial charge in [-0.3, -0.25) is 19.4 Å². The van der Waals surface area contributed by atoms with Gasteiger partial charge in [0.15, 0.2) is 0 Å². The number of amides is 5. The minimum atomic E-state index is -1.10. The van der Waals surface area contributed by atoms with E-state index in [1.165, 1.54) is 6.21 Å². The Morgan fingerprint density at radius 1 is 0.803 bits per heavy atom. The molecule has 0 saturated carbocycles. The Morgan fingerprint density at radius 2 is 1.44 bits per heavy atom. The van der Waals surface area contributed by atoms with Crippen molar-refractivity contribution in [3.8, 4) is 5.88 Å². The van der Waals surface area contributed by atoms with Crippen LogP contribution in [-0.2, 0) is 33.6 Å². The third-order valence-electron chi connectivity index (χ3n) is 11.2. The Labute approximate surface area is 354 Å². The number of fused-ring (bicyclic) bond motifs is 3. The van der Waals surface area contributed by atoms with Crippen molar-refractivity contribution in [3.05, 3.63) is 125 Å². The molecule has 2 aliphatic heterocycles. The largest absolute Gasteiger partial charge is 0.493 e. The van der Waals surface area contributed by atoms with Crippen molar-refractivity contribution in [2.24, 2.45) is 5.10 Å². The summed E-state index contributed by atoms with van der Waals surface area (Å²) in [7, 11) is 0. The van der Waals surface area contributed by atoms with Crippen molar-refractivity contribution in [2.75, 3.05) is 5.75 Å². The lowest BCUT2D eigenvalue weighted by molar-refractivity contribution is -0.132. The molecule has 2 aliphatic rings. The molecule has 2 fully saturated rings. The summed E-state index contributed by atoms with van der Waals surface area (Å²) < 4.78 is 0.929. The van der Waals surface area contributed by atoms with Gasteiger partial charge < -0.3 is 41.7 Å². The molecule has 3 aromatic carbocycles. The third-order valence-corrected chi connectivity index (χ3v) is 12.8. The highest BCUT2D eigenvalue weighted by atomic mass is 32.2. The summed E-state index contributed by atoms with van der Waals surface area (Å²) in [5.74, 6) is -0.816. The standard InChI is InChI=1S/C44H48N10O6S/c55-38(17-9-8-16-37-40-36(25-61-37)51-43(59)53-40)49-34(19-27-21-45-32-14-6-4-12-30(27)32)42(58)50-35(20-28-22-46-33-15-7-5-13-31(28)33)41(57)48-29(18-26-10-2-1-3-11-26)23-47-54-24-39(56)52-44(54)60/h1-7,10-15,21-24,29,34-37,40,45-46,56H,8-9,16-20,25H2,(H,48,57)(H,49,55)(H,50,58)(H,52,60)(H2,51,53,59). The van der Waals surface area contributed by atoms with Gasteiger partial charge in [0.25, 0.3) is 0 Å². The van der Waals surface area contributed by atoms with E-state index < -0.39 is 35.6 Å². The maximum absolute atomic E-state index is 14.6. The number of unbranched alkanes of at least 4 members (excludes halogenated alkanes) is 1. The Hall–Kier alpha value is -6.75. The number of thioether (sulfide) groups is 1. The van der Waals surface area contributed by atoms with Gasteiger partial charge in [-0.1, -0.05) is 73.2 Å². The van der Waals surface area contributed by atoms with E-state index in [1.54, 1.807) is 0 Å². The summed E-state index contributed by atoms with van der Waals surface area (Å²) in [5.41, 5.74) is 3.63. The summed E-state index contributed by atoms with van der Waals surface area (Å²) in [4.78, 5) is 75.6. The van der Waals surface area contributed by atoms with Crippen LogP contribution in [0.3, 0.4) is 0 Å². The highest BCUT2D eigenvalue weighted by molar-refractivity contribution is 8.00. The maximum Gasteiger partial charge on any atom is 0.349 e. The molecule has 16 nitrogen and oxygen atoms in total. The molecular weight excluding hydrogens is 797 g/mol. The van der Waals surface area contributed by atoms with Crippen LogP contribution in [0, 0.1) is 0 Å². The van der Waals surface area contributed by atoms with Crippen LogP contribution in [-0.4, -0.2) is 95.9 Å². The molecule has 2 saturated heterocycles. The first-order valence-corrected chi connectivity index (χ1v) is 21.5. The van der Waals surface area contributed by atoms with Gasteiger partial charge in [0.1, 0.15) is 12.1 Å². The van der Waals surface area contributed by atoms with Gasteiger partial charge in [-0.25, -0.2) is 9.59 Å². The number of urea groups is 1. The van der Waals surface area contributed by atoms with Crippen molar-refractivity contribution >= 4 is 63.5 Å². The molecule has 0 spiro atoms. The molecule has 6 unspecified atom stereocenters. The summed E-state index contributed by atoms with van der Waals surface area (Å²) in [6.07, 6.45) is 9.22. The fourth-order valence-corrected chi connectivity index (χ4v) is 9.72. The Morgan fingerprint density at radius 3 is 2.11 bits per heavy atom. The maximum atomic E-state index is 14.6. The lowest BCUT2D eigenvalue weighted by atomic mass is 10.0. The molecule has 0 bridgehead atoms. The SMILES string of the molecule is O=C(CCCCC1SCC2NC(=O)NC21)NC(Cc1c[nH]c2ccccc12)C(=O)NC(Cc1c[nH]c2ccccc12)C(=O)NC(C=Nn1cc(O)[nH]c1=O)Cc1ccccc1. The van der Waals surface area contributed by atoms with Crippen LogP contribution in [0.2, 0.25) is 0 Å². The van der Waals surface area contributed by atoms with Gasteiger partial charge in [0, 0.05) is 70.7 Å². The van der Waals surface area contributed by atoms with Crippen LogP contribution >= 0.6 is 11.8 Å². The highest BCUT2D eigenvalue weighted by Crippen LogP contribution is 2.33. The van der Waals surface area contributed by atoms with Crippen molar-refractivity contribution in [1.29, 1.82) is 0 Å². The number of nitrogens with one attached hydrogen (secondary N) is 8. The zero-order valence-electron chi connectivity index (χ0n) is 33.2. The van der Waals surface area contributed by atoms with Gasteiger partial charge in [-0.2, -0.15) is 21.5 Å². The number of carbonyl (C=O) groups is 4. The molecular formula is C44H48N10O6S. The quantitative estimate of drug-likeness (QED) is 0.0355. The molecule has 0 aliphatic carbocycles. The lowest BCUT2D eigenvalue weighted by Crippen LogP contribution is -2.56. The molecule has 6 atom stereocenters. The number of nitrogens with zero attached hydrogens (tertiary/aromatic N) is 2. The second kappa shape index (κ2) is 18.7. The average molecular weight is 845 g/mol. The molecule has 5 heterocycles. The molecule has 61 heavy (non-hydrogen) atoms. The van der Waals surface area contributed by atoms with E-state index in [0.29, 0.717) is 12.8 Å². The van der Waals surface area contributed by atoms with Crippen LogP contribution in [0.4, 0.5) is 4.79 Å². The van der Waals surface area contributed by atoms with E-state index in [9.17, 15) is 29.1 Å². The smallest absolute Gasteiger partial charge is 0.349 e. The summed E-state index contributed by atoms with van der Waals surface area (Å²) in [6.45, 7) is 0. The fraction of sp³-hybridized carbons (Fsp3) is 0.318. The molecule has 5 amide bonds. The molecule has 316 valence electrons. The van der Waals surface area contributed by atoms with Gasteiger partial charge in [0.2, 0.25) is 23.6 Å². The number of hydrogen-bond donors (Lipinski definition) is 9. The first kappa shape index (κ1) is 41.0. The Balaban J connectivity index is 1.02. The Kier molecular flexibility index (Phi) is 12.5. The van der Waals surface area contributed by atoms with E-state index in [1.807, 2.05) is 103 Å². The molecule has 0 radical (unpaired) electrons. The third kappa shape index (κ3) is 10.0. The van der Waals surface area contributed by atoms with Crippen molar-refractivity contribution in [2.45, 2.75) is 80.4 Å². The van der Waals surface area contributed by atoms with Crippen LogP contribution in [0.5, 0.6) is 5.88 Å². The van der Waals surface area contributed by atoms with Crippen LogP contribution in [0.25, 0.3) is 21.8 Å². The van der Waals surface area contributed by atoms with E-state index in [-0.39, 0.29) is 54.4 Å². The summed E-state index contributed by atoms with van der Waals surface area (Å²) in [5, 5.41) is 31.1. The zero-order chi connectivity index (χ0) is 42.3. The van der Waals surface area contributed by atoms with Crippen LogP contribution < -0.4 is 32.3 Å². The molecule has 3 aromatic heterocycles. The van der Waals surface area contributed by atoms with Gasteiger partial charge in [-0.05, 0) is 48.1 Å². The number of H-pyrrole nitrogens is 3. The van der Waals surface area contributed by atoms with E-state index in [0.717, 1.165) is 68.0 Å². The average Bonchev–Trinajstić information content (AvgIpc) is 4.09. The number of benzene rings is 3. The number of aromatic amines is 3. The summed E-state index contributed by atoms with van der Waals surface area (Å²) >= 11 is 1.83. The van der Waals surface area contributed by atoms with Crippen molar-refractivity contribution in [1.82, 2.24) is 46.2 Å². The van der Waals surface area contributed by atoms with E-state index >= 15 is 0 Å². The molecule has 17 heteroatoms. The fourth-order valence-electron chi connectivity index (χ4n) is 8.18. The minimum Gasteiger partial charge on any atom is -0.493 e. The number of rotatable bonds is 18.